The van der Waals surface area contributed by atoms with E-state index < -0.39 is 0 Å². The van der Waals surface area contributed by atoms with E-state index in [1.54, 1.807) is 6.33 Å². The lowest BCUT2D eigenvalue weighted by Gasteiger charge is -2.33. The molecule has 1 fully saturated rings. The van der Waals surface area contributed by atoms with Crippen molar-refractivity contribution in [1.29, 1.82) is 0 Å². The summed E-state index contributed by atoms with van der Waals surface area (Å²) in [6.45, 7) is 7.81. The van der Waals surface area contributed by atoms with E-state index in [0.29, 0.717) is 11.2 Å². The largest absolute Gasteiger partial charge is 0.329 e. The van der Waals surface area contributed by atoms with Crippen molar-refractivity contribution >= 4 is 22.6 Å². The molecule has 1 saturated heterocycles. The van der Waals surface area contributed by atoms with Gasteiger partial charge >= 0.3 is 0 Å². The molecule has 0 spiro atoms. The average molecular weight is 292 g/mol. The molecular weight excluding hydrogens is 272 g/mol. The highest BCUT2D eigenvalue weighted by atomic mass is 35.5. The van der Waals surface area contributed by atoms with Crippen LogP contribution < -0.4 is 0 Å². The molecule has 20 heavy (non-hydrogen) atoms. The molecule has 2 aromatic heterocycles. The zero-order valence-electron chi connectivity index (χ0n) is 12.0. The number of fused-ring (bicyclic) bond motifs is 1. The van der Waals surface area contributed by atoms with Crippen LogP contribution in [0, 0.1) is 5.92 Å². The van der Waals surface area contributed by atoms with E-state index in [9.17, 15) is 0 Å². The van der Waals surface area contributed by atoms with Gasteiger partial charge in [-0.15, -0.1) is 0 Å². The summed E-state index contributed by atoms with van der Waals surface area (Å²) in [4.78, 5) is 11.0. The minimum Gasteiger partial charge on any atom is -0.329 e. The van der Waals surface area contributed by atoms with E-state index in [1.165, 1.54) is 18.8 Å². The van der Waals surface area contributed by atoms with Gasteiger partial charge in [0.05, 0.1) is 5.39 Å². The molecule has 4 nitrogen and oxygen atoms in total. The lowest BCUT2D eigenvalue weighted by molar-refractivity contribution is 0.194. The highest BCUT2D eigenvalue weighted by Crippen LogP contribution is 2.29. The fraction of sp³-hybridized carbons (Fsp3) is 0.533. The Morgan fingerprint density at radius 2 is 2.05 bits per heavy atom. The van der Waals surface area contributed by atoms with Crippen LogP contribution >= 0.6 is 11.6 Å². The first-order valence-corrected chi connectivity index (χ1v) is 7.51. The van der Waals surface area contributed by atoms with Gasteiger partial charge in [-0.1, -0.05) is 25.4 Å². The Bertz CT molecular complexity index is 585. The van der Waals surface area contributed by atoms with Gasteiger partial charge in [-0.2, -0.15) is 0 Å². The molecule has 0 bridgehead atoms. The molecule has 3 heterocycles. The van der Waals surface area contributed by atoms with Gasteiger partial charge in [-0.25, -0.2) is 9.97 Å². The molecule has 1 radical (unpaired) electrons. The second-order valence-corrected chi connectivity index (χ2v) is 6.20. The first-order valence-electron chi connectivity index (χ1n) is 7.13. The Hall–Kier alpha value is -1.13. The van der Waals surface area contributed by atoms with Gasteiger partial charge in [-0.3, -0.25) is 0 Å². The van der Waals surface area contributed by atoms with Crippen molar-refractivity contribution in [2.75, 3.05) is 19.6 Å². The number of aromatic nitrogens is 3. The summed E-state index contributed by atoms with van der Waals surface area (Å²) in [5.74, 6) is 1.48. The third kappa shape index (κ3) is 2.67. The molecule has 0 unspecified atom stereocenters. The maximum absolute atomic E-state index is 6.11. The Kier molecular flexibility index (Phi) is 3.94. The zero-order valence-corrected chi connectivity index (χ0v) is 12.8. The quantitative estimate of drug-likeness (QED) is 0.814. The number of likely N-dealkylation sites (tertiary alicyclic amines) is 1. The number of nitrogens with zero attached hydrogens (tertiary/aromatic N) is 4. The Labute approximate surface area is 124 Å². The lowest BCUT2D eigenvalue weighted by Crippen LogP contribution is -2.36. The zero-order chi connectivity index (χ0) is 14.1. The van der Waals surface area contributed by atoms with E-state index in [2.05, 4.69) is 39.5 Å². The summed E-state index contributed by atoms with van der Waals surface area (Å²) in [5.41, 5.74) is 0.960. The Morgan fingerprint density at radius 1 is 1.30 bits per heavy atom. The molecule has 0 aromatic carbocycles. The molecule has 0 saturated carbocycles. The molecule has 3 rings (SSSR count). The second kappa shape index (κ2) is 5.70. The molecule has 1 aliphatic rings. The average Bonchev–Trinajstić information content (AvgIpc) is 2.84. The van der Waals surface area contributed by atoms with Gasteiger partial charge in [0.1, 0.15) is 17.1 Å². The third-order valence-corrected chi connectivity index (χ3v) is 4.25. The Morgan fingerprint density at radius 3 is 2.75 bits per heavy atom. The van der Waals surface area contributed by atoms with Crippen LogP contribution in [0.2, 0.25) is 5.15 Å². The van der Waals surface area contributed by atoms with Gasteiger partial charge in [0.2, 0.25) is 0 Å². The number of piperidine rings is 1. The summed E-state index contributed by atoms with van der Waals surface area (Å²) >= 11 is 6.11. The van der Waals surface area contributed by atoms with Gasteiger partial charge in [0.15, 0.2) is 0 Å². The number of hydrogen-bond donors (Lipinski definition) is 0. The molecule has 2 aromatic rings. The van der Waals surface area contributed by atoms with E-state index >= 15 is 0 Å². The number of halogens is 1. The van der Waals surface area contributed by atoms with Crippen molar-refractivity contribution in [3.05, 3.63) is 29.7 Å². The standard InChI is InChI=1S/C15H20ClN4/c1-11(2)9-19-6-3-12(4-7-19)20-8-5-13-14(16)17-10-18-15(13)20/h5,8,10,12H,3-4,6-7,9H2,1-2H3. The van der Waals surface area contributed by atoms with Crippen molar-refractivity contribution in [2.45, 2.75) is 32.7 Å². The van der Waals surface area contributed by atoms with Crippen molar-refractivity contribution in [3.8, 4) is 0 Å². The topological polar surface area (TPSA) is 34.0 Å². The molecule has 0 N–H and O–H groups in total. The predicted octanol–water partition coefficient (Wildman–Crippen LogP) is 3.34. The molecule has 5 heteroatoms. The van der Waals surface area contributed by atoms with Crippen LogP contribution in [-0.4, -0.2) is 39.1 Å². The fourth-order valence-corrected chi connectivity index (χ4v) is 3.23. The van der Waals surface area contributed by atoms with Gasteiger partial charge in [0, 0.05) is 31.9 Å². The Balaban J connectivity index is 1.75. The molecule has 0 amide bonds. The summed E-state index contributed by atoms with van der Waals surface area (Å²) in [6.07, 6.45) is 5.98. The van der Waals surface area contributed by atoms with Crippen LogP contribution in [0.3, 0.4) is 0 Å². The highest BCUT2D eigenvalue weighted by Gasteiger charge is 2.22. The van der Waals surface area contributed by atoms with Crippen LogP contribution in [0.4, 0.5) is 0 Å². The van der Waals surface area contributed by atoms with Crippen LogP contribution in [0.1, 0.15) is 32.7 Å². The lowest BCUT2D eigenvalue weighted by atomic mass is 10.0. The smallest absolute Gasteiger partial charge is 0.145 e. The second-order valence-electron chi connectivity index (χ2n) is 5.84. The number of hydrogen-bond acceptors (Lipinski definition) is 3. The minimum absolute atomic E-state index is 0.520. The maximum atomic E-state index is 6.11. The van der Waals surface area contributed by atoms with Crippen molar-refractivity contribution in [2.24, 2.45) is 0 Å². The van der Waals surface area contributed by atoms with Crippen LogP contribution in [0.5, 0.6) is 0 Å². The van der Waals surface area contributed by atoms with E-state index in [0.717, 1.165) is 30.7 Å². The fourth-order valence-electron chi connectivity index (χ4n) is 3.04. The van der Waals surface area contributed by atoms with E-state index in [1.807, 2.05) is 6.07 Å². The van der Waals surface area contributed by atoms with Crippen LogP contribution in [0.25, 0.3) is 11.0 Å². The molecule has 1 aliphatic heterocycles. The van der Waals surface area contributed by atoms with Gasteiger partial charge in [-0.05, 0) is 24.8 Å². The third-order valence-electron chi connectivity index (χ3n) is 3.95. The van der Waals surface area contributed by atoms with Crippen LogP contribution in [-0.2, 0) is 0 Å². The molecule has 0 atom stereocenters. The SMILES string of the molecule is C[C](C)CN1CCC(n2ccc3c(Cl)ncnc32)CC1. The van der Waals surface area contributed by atoms with Gasteiger partial charge in [0.25, 0.3) is 0 Å². The number of rotatable bonds is 3. The summed E-state index contributed by atoms with van der Waals surface area (Å²) < 4.78 is 2.27. The monoisotopic (exact) mass is 291 g/mol. The molecule has 107 valence electrons. The minimum atomic E-state index is 0.520. The normalized spacial score (nSPS) is 18.2. The van der Waals surface area contributed by atoms with E-state index in [-0.39, 0.29) is 0 Å². The van der Waals surface area contributed by atoms with E-state index in [4.69, 9.17) is 11.6 Å². The molecule has 0 aliphatic carbocycles. The summed E-state index contributed by atoms with van der Waals surface area (Å²) in [5, 5.41) is 1.50. The van der Waals surface area contributed by atoms with Crippen molar-refractivity contribution in [1.82, 2.24) is 19.4 Å². The summed E-state index contributed by atoms with van der Waals surface area (Å²) in [6, 6.07) is 2.54. The maximum Gasteiger partial charge on any atom is 0.145 e. The molecular formula is C15H20ClN4. The highest BCUT2D eigenvalue weighted by molar-refractivity contribution is 6.33. The first kappa shape index (κ1) is 13.8. The van der Waals surface area contributed by atoms with Crippen molar-refractivity contribution in [3.63, 3.8) is 0 Å². The van der Waals surface area contributed by atoms with Crippen molar-refractivity contribution < 1.29 is 0 Å². The first-order chi connectivity index (χ1) is 9.65. The predicted molar refractivity (Wildman–Crippen MR) is 81.8 cm³/mol. The van der Waals surface area contributed by atoms with Crippen LogP contribution in [0.15, 0.2) is 18.6 Å². The summed E-state index contributed by atoms with van der Waals surface area (Å²) in [7, 11) is 0. The van der Waals surface area contributed by atoms with Gasteiger partial charge < -0.3 is 9.47 Å².